The number of fused-ring (bicyclic) bond motifs is 2. The fraction of sp³-hybridized carbons (Fsp3) is 0.684. The molecule has 1 N–H and O–H groups in total. The largest absolute Gasteiger partial charge is 0.306 e. The molecule has 3 rings (SSSR count). The van der Waals surface area contributed by atoms with Gasteiger partial charge in [0.05, 0.1) is 0 Å². The van der Waals surface area contributed by atoms with E-state index in [9.17, 15) is 0 Å². The van der Waals surface area contributed by atoms with E-state index in [4.69, 9.17) is 11.6 Å². The van der Waals surface area contributed by atoms with Gasteiger partial charge in [-0.15, -0.1) is 0 Å². The second-order valence-electron chi connectivity index (χ2n) is 8.03. The summed E-state index contributed by atoms with van der Waals surface area (Å²) in [6.07, 6.45) is 5.32. The molecule has 21 heavy (non-hydrogen) atoms. The van der Waals surface area contributed by atoms with Gasteiger partial charge in [0, 0.05) is 17.1 Å². The van der Waals surface area contributed by atoms with E-state index in [0.717, 1.165) is 17.4 Å². The Balaban J connectivity index is 1.82. The minimum atomic E-state index is 0.410. The Morgan fingerprint density at radius 2 is 1.90 bits per heavy atom. The average molecular weight is 306 g/mol. The molecule has 2 fully saturated rings. The Bertz CT molecular complexity index is 502. The molecule has 0 saturated heterocycles. The standard InChI is InChI=1S/C19H28ClN/c1-5-16(13-6-8-15(20)9-7-13)21-17-18(2,3)14-10-11-19(17,4)12-14/h6-9,14,16-17,21H,5,10-12H2,1-4H3/t14-,16?,17?,19+/m0/s1. The molecule has 2 saturated carbocycles. The Morgan fingerprint density at radius 1 is 1.24 bits per heavy atom. The zero-order valence-electron chi connectivity index (χ0n) is 13.7. The van der Waals surface area contributed by atoms with Gasteiger partial charge in [-0.3, -0.25) is 0 Å². The molecule has 2 unspecified atom stereocenters. The molecular weight excluding hydrogens is 278 g/mol. The summed E-state index contributed by atoms with van der Waals surface area (Å²) in [6.45, 7) is 9.70. The topological polar surface area (TPSA) is 12.0 Å². The summed E-state index contributed by atoms with van der Waals surface area (Å²) in [5.41, 5.74) is 2.25. The Kier molecular flexibility index (Phi) is 3.86. The van der Waals surface area contributed by atoms with Crippen molar-refractivity contribution in [3.8, 4) is 0 Å². The smallest absolute Gasteiger partial charge is 0.0406 e. The van der Waals surface area contributed by atoms with Crippen LogP contribution in [0.4, 0.5) is 0 Å². The van der Waals surface area contributed by atoms with Crippen molar-refractivity contribution in [3.05, 3.63) is 34.9 Å². The van der Waals surface area contributed by atoms with E-state index in [-0.39, 0.29) is 0 Å². The van der Waals surface area contributed by atoms with E-state index in [2.05, 4.69) is 45.1 Å². The highest BCUT2D eigenvalue weighted by molar-refractivity contribution is 6.30. The molecule has 2 aliphatic rings. The van der Waals surface area contributed by atoms with Crippen molar-refractivity contribution < 1.29 is 0 Å². The third kappa shape index (κ3) is 2.53. The first-order chi connectivity index (χ1) is 9.87. The molecule has 1 aromatic rings. The van der Waals surface area contributed by atoms with Crippen LogP contribution < -0.4 is 5.32 Å². The summed E-state index contributed by atoms with van der Waals surface area (Å²) in [5.74, 6) is 0.891. The Labute approximate surface area is 134 Å². The van der Waals surface area contributed by atoms with Gasteiger partial charge in [0.25, 0.3) is 0 Å². The first-order valence-electron chi connectivity index (χ1n) is 8.38. The highest BCUT2D eigenvalue weighted by Crippen LogP contribution is 2.62. The summed E-state index contributed by atoms with van der Waals surface area (Å²) in [7, 11) is 0. The number of nitrogens with one attached hydrogen (secondary N) is 1. The average Bonchev–Trinajstić information content (AvgIpc) is 2.91. The van der Waals surface area contributed by atoms with E-state index in [1.807, 2.05) is 12.1 Å². The third-order valence-corrected chi connectivity index (χ3v) is 6.57. The second kappa shape index (κ2) is 5.28. The molecule has 116 valence electrons. The van der Waals surface area contributed by atoms with Crippen LogP contribution in [0.5, 0.6) is 0 Å². The van der Waals surface area contributed by atoms with Gasteiger partial charge in [0.1, 0.15) is 0 Å². The molecule has 1 nitrogen and oxygen atoms in total. The van der Waals surface area contributed by atoms with Gasteiger partial charge in [-0.1, -0.05) is 51.4 Å². The molecule has 0 amide bonds. The van der Waals surface area contributed by atoms with Crippen LogP contribution in [0.15, 0.2) is 24.3 Å². The number of benzene rings is 1. The van der Waals surface area contributed by atoms with Crippen molar-refractivity contribution in [3.63, 3.8) is 0 Å². The van der Waals surface area contributed by atoms with Crippen LogP contribution in [0.25, 0.3) is 0 Å². The molecule has 0 heterocycles. The molecule has 4 atom stereocenters. The fourth-order valence-corrected chi connectivity index (χ4v) is 5.19. The summed E-state index contributed by atoms with van der Waals surface area (Å²) in [4.78, 5) is 0. The van der Waals surface area contributed by atoms with Gasteiger partial charge in [0.15, 0.2) is 0 Å². The number of hydrogen-bond donors (Lipinski definition) is 1. The van der Waals surface area contributed by atoms with Crippen molar-refractivity contribution in [1.29, 1.82) is 0 Å². The second-order valence-corrected chi connectivity index (χ2v) is 8.46. The highest BCUT2D eigenvalue weighted by Gasteiger charge is 2.59. The minimum Gasteiger partial charge on any atom is -0.306 e. The minimum absolute atomic E-state index is 0.410. The lowest BCUT2D eigenvalue weighted by atomic mass is 9.68. The van der Waals surface area contributed by atoms with Crippen molar-refractivity contribution in [2.75, 3.05) is 0 Å². The molecule has 0 spiro atoms. The van der Waals surface area contributed by atoms with Crippen LogP contribution in [0.1, 0.15) is 65.0 Å². The predicted molar refractivity (Wildman–Crippen MR) is 90.6 cm³/mol. The van der Waals surface area contributed by atoms with Crippen LogP contribution in [0, 0.1) is 16.7 Å². The van der Waals surface area contributed by atoms with Crippen LogP contribution in [0.2, 0.25) is 5.02 Å². The van der Waals surface area contributed by atoms with E-state index in [1.54, 1.807) is 0 Å². The fourth-order valence-electron chi connectivity index (χ4n) is 5.06. The molecule has 0 aromatic heterocycles. The van der Waals surface area contributed by atoms with Crippen LogP contribution in [-0.4, -0.2) is 6.04 Å². The zero-order chi connectivity index (χ0) is 15.3. The number of halogens is 1. The monoisotopic (exact) mass is 305 g/mol. The maximum absolute atomic E-state index is 6.03. The van der Waals surface area contributed by atoms with Crippen molar-refractivity contribution >= 4 is 11.6 Å². The number of rotatable bonds is 4. The summed E-state index contributed by atoms with van der Waals surface area (Å²) in [5, 5.41) is 4.84. The summed E-state index contributed by atoms with van der Waals surface area (Å²) < 4.78 is 0. The van der Waals surface area contributed by atoms with Crippen molar-refractivity contribution in [1.82, 2.24) is 5.32 Å². The highest BCUT2D eigenvalue weighted by atomic mass is 35.5. The summed E-state index contributed by atoms with van der Waals surface area (Å²) in [6, 6.07) is 9.41. The van der Waals surface area contributed by atoms with E-state index in [0.29, 0.717) is 22.9 Å². The lowest BCUT2D eigenvalue weighted by molar-refractivity contribution is 0.0976. The van der Waals surface area contributed by atoms with Crippen LogP contribution in [0.3, 0.4) is 0 Å². The Morgan fingerprint density at radius 3 is 2.43 bits per heavy atom. The van der Waals surface area contributed by atoms with Crippen molar-refractivity contribution in [2.24, 2.45) is 16.7 Å². The third-order valence-electron chi connectivity index (χ3n) is 6.32. The molecule has 2 aliphatic carbocycles. The first-order valence-corrected chi connectivity index (χ1v) is 8.76. The molecule has 2 bridgehead atoms. The van der Waals surface area contributed by atoms with Gasteiger partial charge in [0.2, 0.25) is 0 Å². The lowest BCUT2D eigenvalue weighted by Crippen LogP contribution is -2.51. The molecule has 0 radical (unpaired) electrons. The van der Waals surface area contributed by atoms with E-state index >= 15 is 0 Å². The normalized spacial score (nSPS) is 35.1. The van der Waals surface area contributed by atoms with E-state index in [1.165, 1.54) is 24.8 Å². The SMILES string of the molecule is CCC(NC1C(C)(C)[C@H]2CC[C@]1(C)C2)c1ccc(Cl)cc1. The van der Waals surface area contributed by atoms with Gasteiger partial charge < -0.3 is 5.32 Å². The van der Waals surface area contributed by atoms with Crippen molar-refractivity contribution in [2.45, 2.75) is 65.5 Å². The molecule has 1 aromatic carbocycles. The zero-order valence-corrected chi connectivity index (χ0v) is 14.5. The van der Waals surface area contributed by atoms with Gasteiger partial charge in [-0.2, -0.15) is 0 Å². The predicted octanol–water partition coefficient (Wildman–Crippen LogP) is 5.60. The maximum atomic E-state index is 6.03. The van der Waals surface area contributed by atoms with Gasteiger partial charge in [-0.25, -0.2) is 0 Å². The van der Waals surface area contributed by atoms with Gasteiger partial charge in [-0.05, 0) is 60.1 Å². The Hall–Kier alpha value is -0.530. The quantitative estimate of drug-likeness (QED) is 0.764. The molecule has 0 aliphatic heterocycles. The lowest BCUT2D eigenvalue weighted by Gasteiger charge is -2.45. The summed E-state index contributed by atoms with van der Waals surface area (Å²) >= 11 is 6.03. The first kappa shape index (κ1) is 15.4. The van der Waals surface area contributed by atoms with Crippen LogP contribution >= 0.6 is 11.6 Å². The van der Waals surface area contributed by atoms with Crippen LogP contribution in [-0.2, 0) is 0 Å². The number of hydrogen-bond acceptors (Lipinski definition) is 1. The van der Waals surface area contributed by atoms with E-state index < -0.39 is 0 Å². The molecule has 2 heteroatoms. The maximum Gasteiger partial charge on any atom is 0.0406 e. The van der Waals surface area contributed by atoms with Gasteiger partial charge >= 0.3 is 0 Å². The molecular formula is C19H28ClN.